The topological polar surface area (TPSA) is 80.2 Å². The number of pyridine rings is 1. The molecule has 1 unspecified atom stereocenters. The molecule has 3 aromatic rings. The number of carbonyl (C=O) groups is 1. The molecule has 2 aromatic heterocycles. The van der Waals surface area contributed by atoms with Crippen LogP contribution in [0.25, 0.3) is 11.0 Å². The molecule has 1 amide bonds. The second kappa shape index (κ2) is 7.00. The molecule has 2 aliphatic rings. The fraction of sp³-hybridized carbons (Fsp3) is 0.435. The minimum absolute atomic E-state index is 0.0923. The molecule has 7 heteroatoms. The van der Waals surface area contributed by atoms with Crippen LogP contribution >= 0.6 is 0 Å². The third kappa shape index (κ3) is 3.00. The molecule has 1 atom stereocenters. The van der Waals surface area contributed by atoms with E-state index < -0.39 is 5.60 Å². The van der Waals surface area contributed by atoms with Crippen LogP contribution < -0.4 is 5.69 Å². The first kappa shape index (κ1) is 18.9. The normalized spacial score (nSPS) is 26.1. The number of aromatic amines is 1. The number of aromatic nitrogens is 3. The Morgan fingerprint density at radius 3 is 2.47 bits per heavy atom. The van der Waals surface area contributed by atoms with Gasteiger partial charge in [-0.05, 0) is 51.2 Å². The van der Waals surface area contributed by atoms with Crippen LogP contribution in [0.4, 0.5) is 4.79 Å². The van der Waals surface area contributed by atoms with Gasteiger partial charge in [-0.25, -0.2) is 9.59 Å². The van der Waals surface area contributed by atoms with Gasteiger partial charge in [0.2, 0.25) is 0 Å². The Hall–Kier alpha value is -3.09. The molecule has 156 valence electrons. The van der Waals surface area contributed by atoms with Crippen molar-refractivity contribution in [3.8, 4) is 0 Å². The fourth-order valence-electron chi connectivity index (χ4n) is 5.27. The summed E-state index contributed by atoms with van der Waals surface area (Å²) in [6, 6.07) is 12.1. The van der Waals surface area contributed by atoms with E-state index in [2.05, 4.69) is 22.1 Å². The first-order valence-electron chi connectivity index (χ1n) is 10.6. The quantitative estimate of drug-likeness (QED) is 0.708. The highest BCUT2D eigenvalue weighted by Crippen LogP contribution is 2.45. The number of fused-ring (bicyclic) bond motifs is 1. The summed E-state index contributed by atoms with van der Waals surface area (Å²) in [6.07, 6.45) is 6.51. The smallest absolute Gasteiger partial charge is 0.411 e. The fourth-order valence-corrected chi connectivity index (χ4v) is 5.27. The summed E-state index contributed by atoms with van der Waals surface area (Å²) < 4.78 is 7.63. The van der Waals surface area contributed by atoms with Gasteiger partial charge in [0.15, 0.2) is 0 Å². The van der Waals surface area contributed by atoms with Crippen LogP contribution in [-0.4, -0.2) is 37.2 Å². The maximum atomic E-state index is 12.8. The van der Waals surface area contributed by atoms with Crippen molar-refractivity contribution in [1.82, 2.24) is 19.4 Å². The highest BCUT2D eigenvalue weighted by Gasteiger charge is 2.51. The van der Waals surface area contributed by atoms with Gasteiger partial charge in [-0.3, -0.25) is 14.5 Å². The van der Waals surface area contributed by atoms with Crippen LogP contribution in [-0.2, 0) is 4.74 Å². The molecule has 5 rings (SSSR count). The molecular weight excluding hydrogens is 380 g/mol. The van der Waals surface area contributed by atoms with E-state index >= 15 is 0 Å². The van der Waals surface area contributed by atoms with Gasteiger partial charge in [0.25, 0.3) is 0 Å². The van der Waals surface area contributed by atoms with Crippen LogP contribution in [0.2, 0.25) is 0 Å². The first-order chi connectivity index (χ1) is 14.5. The van der Waals surface area contributed by atoms with E-state index in [1.807, 2.05) is 47.6 Å². The number of nitrogens with zero attached hydrogens (tertiary/aromatic N) is 3. The maximum Gasteiger partial charge on any atom is 0.411 e. The lowest BCUT2D eigenvalue weighted by atomic mass is 9.86. The molecule has 1 aliphatic heterocycles. The van der Waals surface area contributed by atoms with Crippen LogP contribution in [0.5, 0.6) is 0 Å². The summed E-state index contributed by atoms with van der Waals surface area (Å²) in [5, 5.41) is 0. The molecule has 2 fully saturated rings. The van der Waals surface area contributed by atoms with Gasteiger partial charge < -0.3 is 9.72 Å². The number of hydrogen-bond acceptors (Lipinski definition) is 4. The highest BCUT2D eigenvalue weighted by atomic mass is 16.6. The van der Waals surface area contributed by atoms with E-state index in [1.54, 1.807) is 12.4 Å². The van der Waals surface area contributed by atoms with Crippen molar-refractivity contribution in [1.29, 1.82) is 0 Å². The zero-order valence-corrected chi connectivity index (χ0v) is 17.2. The number of rotatable bonds is 3. The number of cyclic esters (lactones) is 1. The van der Waals surface area contributed by atoms with Crippen LogP contribution in [0.15, 0.2) is 53.6 Å². The number of benzene rings is 1. The average Bonchev–Trinajstić information content (AvgIpc) is 3.20. The lowest BCUT2D eigenvalue weighted by Crippen LogP contribution is -2.43. The molecule has 0 radical (unpaired) electrons. The summed E-state index contributed by atoms with van der Waals surface area (Å²) in [7, 11) is 0. The van der Waals surface area contributed by atoms with Crippen molar-refractivity contribution in [3.05, 3.63) is 64.8 Å². The standard InChI is InChI=1S/C23H26N4O3/c1-23(2)20(15-6-4-3-5-7-15)27(22(29)30-23)17-10-8-16(9-11-17)26-19-12-13-24-14-18(19)25-21(26)28/h3-7,12-14,16-17,20H,8-11H2,1-2H3,(H,25,28). The molecule has 7 nitrogen and oxygen atoms in total. The van der Waals surface area contributed by atoms with E-state index in [0.717, 1.165) is 42.3 Å². The van der Waals surface area contributed by atoms with Gasteiger partial charge in [0.05, 0.1) is 23.3 Å². The number of hydrogen-bond donors (Lipinski definition) is 1. The van der Waals surface area contributed by atoms with Crippen molar-refractivity contribution in [2.45, 2.75) is 63.3 Å². The molecule has 1 saturated heterocycles. The minimum atomic E-state index is -0.587. The van der Waals surface area contributed by atoms with E-state index in [4.69, 9.17) is 4.74 Å². The SMILES string of the molecule is CC1(C)OC(=O)N(C2CCC(n3c(=O)[nH]c4cnccc43)CC2)C1c1ccccc1. The molecule has 1 aliphatic carbocycles. The lowest BCUT2D eigenvalue weighted by molar-refractivity contribution is 0.0662. The summed E-state index contributed by atoms with van der Waals surface area (Å²) in [5.74, 6) is 0. The number of carbonyl (C=O) groups excluding carboxylic acids is 1. The van der Waals surface area contributed by atoms with Crippen molar-refractivity contribution in [2.75, 3.05) is 0 Å². The minimum Gasteiger partial charge on any atom is -0.441 e. The number of nitrogens with one attached hydrogen (secondary N) is 1. The van der Waals surface area contributed by atoms with Gasteiger partial charge in [0.1, 0.15) is 5.60 Å². The Kier molecular flexibility index (Phi) is 4.41. The molecule has 1 N–H and O–H groups in total. The van der Waals surface area contributed by atoms with Crippen molar-refractivity contribution in [2.24, 2.45) is 0 Å². The molecular formula is C23H26N4O3. The third-order valence-corrected chi connectivity index (χ3v) is 6.56. The Labute approximate surface area is 174 Å². The lowest BCUT2D eigenvalue weighted by Gasteiger charge is -2.38. The Morgan fingerprint density at radius 2 is 1.73 bits per heavy atom. The van der Waals surface area contributed by atoms with Crippen LogP contribution in [0.3, 0.4) is 0 Å². The molecule has 0 spiro atoms. The predicted molar refractivity (Wildman–Crippen MR) is 113 cm³/mol. The summed E-state index contributed by atoms with van der Waals surface area (Å²) >= 11 is 0. The van der Waals surface area contributed by atoms with Gasteiger partial charge >= 0.3 is 11.8 Å². The Balaban J connectivity index is 1.40. The number of amides is 1. The van der Waals surface area contributed by atoms with Crippen LogP contribution in [0, 0.1) is 0 Å². The average molecular weight is 406 g/mol. The van der Waals surface area contributed by atoms with Crippen LogP contribution in [0.1, 0.15) is 57.2 Å². The molecule has 30 heavy (non-hydrogen) atoms. The summed E-state index contributed by atoms with van der Waals surface area (Å²) in [5.41, 5.74) is 2.07. The first-order valence-corrected chi connectivity index (χ1v) is 10.6. The van der Waals surface area contributed by atoms with E-state index in [0.29, 0.717) is 0 Å². The number of H-pyrrole nitrogens is 1. The highest BCUT2D eigenvalue weighted by molar-refractivity contribution is 5.74. The maximum absolute atomic E-state index is 12.8. The zero-order chi connectivity index (χ0) is 20.9. The second-order valence-corrected chi connectivity index (χ2v) is 8.85. The van der Waals surface area contributed by atoms with E-state index in [-0.39, 0.29) is 29.9 Å². The van der Waals surface area contributed by atoms with E-state index in [9.17, 15) is 9.59 Å². The van der Waals surface area contributed by atoms with Crippen molar-refractivity contribution < 1.29 is 9.53 Å². The summed E-state index contributed by atoms with van der Waals surface area (Å²) in [4.78, 5) is 34.3. The monoisotopic (exact) mass is 406 g/mol. The zero-order valence-electron chi connectivity index (χ0n) is 17.2. The summed E-state index contributed by atoms with van der Waals surface area (Å²) in [6.45, 7) is 3.96. The second-order valence-electron chi connectivity index (χ2n) is 8.85. The van der Waals surface area contributed by atoms with Gasteiger partial charge in [-0.15, -0.1) is 0 Å². The largest absolute Gasteiger partial charge is 0.441 e. The third-order valence-electron chi connectivity index (χ3n) is 6.56. The van der Waals surface area contributed by atoms with Gasteiger partial charge in [-0.2, -0.15) is 0 Å². The van der Waals surface area contributed by atoms with Gasteiger partial charge in [-0.1, -0.05) is 30.3 Å². The van der Waals surface area contributed by atoms with Gasteiger partial charge in [0, 0.05) is 18.3 Å². The van der Waals surface area contributed by atoms with Crippen molar-refractivity contribution in [3.63, 3.8) is 0 Å². The number of ether oxygens (including phenoxy) is 1. The predicted octanol–water partition coefficient (Wildman–Crippen LogP) is 4.18. The molecule has 0 bridgehead atoms. The Bertz CT molecular complexity index is 1130. The molecule has 3 heterocycles. The number of imidazole rings is 1. The van der Waals surface area contributed by atoms with Crippen molar-refractivity contribution >= 4 is 17.1 Å². The van der Waals surface area contributed by atoms with E-state index in [1.165, 1.54) is 0 Å². The molecule has 1 aromatic carbocycles. The Morgan fingerprint density at radius 1 is 1.03 bits per heavy atom. The molecule has 1 saturated carbocycles.